The van der Waals surface area contributed by atoms with Crippen molar-refractivity contribution < 1.29 is 33.3 Å². The summed E-state index contributed by atoms with van der Waals surface area (Å²) in [6.07, 6.45) is 3.01. The molecule has 0 unspecified atom stereocenters. The monoisotopic (exact) mass is 423 g/mol. The Morgan fingerprint density at radius 3 is 2.83 bits per heavy atom. The van der Waals surface area contributed by atoms with E-state index in [9.17, 15) is 8.78 Å². The fourth-order valence-corrected chi connectivity index (χ4v) is 1.72. The molecule has 0 aliphatic carbocycles. The Bertz CT molecular complexity index is 696. The van der Waals surface area contributed by atoms with E-state index in [1.54, 1.807) is 12.1 Å². The molecule has 0 amide bonds. The van der Waals surface area contributed by atoms with Crippen LogP contribution in [0.25, 0.3) is 22.2 Å². The summed E-state index contributed by atoms with van der Waals surface area (Å²) in [5, 5.41) is 0.675. The molecule has 1 radical (unpaired) electrons. The van der Waals surface area contributed by atoms with Gasteiger partial charge in [-0.1, -0.05) is 11.6 Å². The van der Waals surface area contributed by atoms with E-state index in [2.05, 4.69) is 11.1 Å². The quantitative estimate of drug-likeness (QED) is 0.561. The minimum absolute atomic E-state index is 0. The van der Waals surface area contributed by atoms with Gasteiger partial charge in [-0.2, -0.15) is 0 Å². The van der Waals surface area contributed by atoms with Gasteiger partial charge < -0.3 is 9.40 Å². The topological polar surface area (TPSA) is 26.0 Å². The van der Waals surface area contributed by atoms with E-state index in [0.29, 0.717) is 16.7 Å². The van der Waals surface area contributed by atoms with Gasteiger partial charge in [0.1, 0.15) is 5.58 Å². The summed E-state index contributed by atoms with van der Waals surface area (Å²) in [6, 6.07) is 7.81. The number of nitrogens with zero attached hydrogens (tertiary/aromatic N) is 1. The van der Waals surface area contributed by atoms with Gasteiger partial charge in [0.05, 0.1) is 6.26 Å². The summed E-state index contributed by atoms with van der Waals surface area (Å²) < 4.78 is 31.6. The van der Waals surface area contributed by atoms with Crippen LogP contribution in [0.15, 0.2) is 41.1 Å². The van der Waals surface area contributed by atoms with Gasteiger partial charge in [0.15, 0.2) is 0 Å². The van der Waals surface area contributed by atoms with Crippen molar-refractivity contribution in [1.29, 1.82) is 0 Å². The van der Waals surface area contributed by atoms with Gasteiger partial charge >= 0.3 is 0 Å². The molecule has 0 spiro atoms. The van der Waals surface area contributed by atoms with Gasteiger partial charge in [0.25, 0.3) is 0 Å². The van der Waals surface area contributed by atoms with Crippen molar-refractivity contribution in [3.63, 3.8) is 0 Å². The van der Waals surface area contributed by atoms with E-state index < -0.39 is 11.6 Å². The van der Waals surface area contributed by atoms with Crippen LogP contribution in [0, 0.1) is 17.7 Å². The zero-order chi connectivity index (χ0) is 11.8. The Hall–Kier alpha value is -1.58. The molecule has 3 rings (SSSR count). The van der Waals surface area contributed by atoms with E-state index >= 15 is 0 Å². The van der Waals surface area contributed by atoms with Gasteiger partial charge in [0.2, 0.25) is 0 Å². The maximum atomic E-state index is 13.6. The molecule has 2 aromatic heterocycles. The second-order valence-corrected chi connectivity index (χ2v) is 3.53. The number of aromatic nitrogens is 1. The fourth-order valence-electron chi connectivity index (χ4n) is 1.72. The molecule has 0 saturated heterocycles. The van der Waals surface area contributed by atoms with Gasteiger partial charge in [-0.05, 0) is 12.1 Å². The predicted octanol–water partition coefficient (Wildman–Crippen LogP) is 3.57. The Labute approximate surface area is 115 Å². The number of pyridine rings is 1. The van der Waals surface area contributed by atoms with Crippen LogP contribution in [0.3, 0.4) is 0 Å². The standard InChI is InChI=1S/C13H6F2NO.Ir/c14-8-1-2-9(11(15)7-8)13-10-4-6-17-12(10)3-5-16-13;/h1,3-7H;/q-1;. The molecule has 1 aromatic carbocycles. The normalized spacial score (nSPS) is 10.3. The van der Waals surface area contributed by atoms with Gasteiger partial charge in [-0.15, -0.1) is 12.1 Å². The first kappa shape index (κ1) is 12.9. The number of fused-ring (bicyclic) bond motifs is 1. The molecule has 93 valence electrons. The molecule has 0 atom stereocenters. The first-order valence-electron chi connectivity index (χ1n) is 4.95. The van der Waals surface area contributed by atoms with Crippen molar-refractivity contribution in [3.8, 4) is 11.3 Å². The minimum Gasteiger partial charge on any atom is -0.465 e. The number of rotatable bonds is 1. The van der Waals surface area contributed by atoms with Crippen molar-refractivity contribution in [2.45, 2.75) is 0 Å². The summed E-state index contributed by atoms with van der Waals surface area (Å²) >= 11 is 0. The molecule has 18 heavy (non-hydrogen) atoms. The molecule has 0 bridgehead atoms. The van der Waals surface area contributed by atoms with Gasteiger partial charge in [-0.3, -0.25) is 8.78 Å². The maximum absolute atomic E-state index is 13.6. The zero-order valence-electron chi connectivity index (χ0n) is 8.91. The van der Waals surface area contributed by atoms with Crippen LogP contribution in [-0.2, 0) is 20.1 Å². The van der Waals surface area contributed by atoms with Crippen LogP contribution in [0.4, 0.5) is 8.78 Å². The van der Waals surface area contributed by atoms with E-state index in [1.807, 2.05) is 0 Å². The molecular formula is C13H6F2IrNO-. The molecule has 0 saturated carbocycles. The first-order valence-corrected chi connectivity index (χ1v) is 4.95. The molecule has 5 heteroatoms. The third kappa shape index (κ3) is 2.07. The molecule has 0 fully saturated rings. The van der Waals surface area contributed by atoms with Gasteiger partial charge in [0, 0.05) is 49.0 Å². The Kier molecular flexibility index (Phi) is 3.55. The third-order valence-corrected chi connectivity index (χ3v) is 2.47. The van der Waals surface area contributed by atoms with E-state index in [-0.39, 0.29) is 25.7 Å². The summed E-state index contributed by atoms with van der Waals surface area (Å²) in [5.41, 5.74) is 1.14. The number of hydrogen-bond donors (Lipinski definition) is 0. The van der Waals surface area contributed by atoms with Crippen molar-refractivity contribution in [2.24, 2.45) is 0 Å². The van der Waals surface area contributed by atoms with Crippen LogP contribution in [-0.4, -0.2) is 4.98 Å². The van der Waals surface area contributed by atoms with E-state index in [1.165, 1.54) is 12.5 Å². The number of halogens is 2. The van der Waals surface area contributed by atoms with Crippen LogP contribution in [0.2, 0.25) is 0 Å². The van der Waals surface area contributed by atoms with Crippen LogP contribution >= 0.6 is 0 Å². The van der Waals surface area contributed by atoms with Crippen molar-refractivity contribution in [2.75, 3.05) is 0 Å². The second kappa shape index (κ2) is 4.96. The summed E-state index contributed by atoms with van der Waals surface area (Å²) in [5.74, 6) is -1.35. The molecule has 2 nitrogen and oxygen atoms in total. The number of hydrogen-bond acceptors (Lipinski definition) is 2. The van der Waals surface area contributed by atoms with Crippen LogP contribution < -0.4 is 0 Å². The van der Waals surface area contributed by atoms with Crippen LogP contribution in [0.1, 0.15) is 0 Å². The predicted molar refractivity (Wildman–Crippen MR) is 58.2 cm³/mol. The summed E-state index contributed by atoms with van der Waals surface area (Å²) in [6.45, 7) is 0. The fraction of sp³-hybridized carbons (Fsp3) is 0. The molecule has 2 heterocycles. The molecule has 0 aliphatic rings. The molecule has 3 aromatic rings. The summed E-state index contributed by atoms with van der Waals surface area (Å²) in [7, 11) is 0. The average Bonchev–Trinajstić information content (AvgIpc) is 2.77. The van der Waals surface area contributed by atoms with Crippen molar-refractivity contribution in [1.82, 2.24) is 4.98 Å². The Morgan fingerprint density at radius 2 is 2.06 bits per heavy atom. The Balaban J connectivity index is 0.00000120. The summed E-state index contributed by atoms with van der Waals surface area (Å²) in [4.78, 5) is 4.09. The second-order valence-electron chi connectivity index (χ2n) is 3.53. The third-order valence-electron chi connectivity index (χ3n) is 2.47. The molecule has 0 N–H and O–H groups in total. The smallest absolute Gasteiger partial charge is 0.128 e. The molecule has 0 aliphatic heterocycles. The Morgan fingerprint density at radius 1 is 1.22 bits per heavy atom. The van der Waals surface area contributed by atoms with E-state index in [4.69, 9.17) is 4.42 Å². The average molecular weight is 422 g/mol. The SMILES string of the molecule is Fc1c[c-]c(-c2nccc3occc23)c(F)c1.[Ir]. The number of furan rings is 1. The van der Waals surface area contributed by atoms with Crippen molar-refractivity contribution >= 4 is 11.0 Å². The van der Waals surface area contributed by atoms with Gasteiger partial charge in [-0.25, -0.2) is 0 Å². The number of benzene rings is 1. The van der Waals surface area contributed by atoms with E-state index in [0.717, 1.165) is 12.1 Å². The zero-order valence-corrected chi connectivity index (χ0v) is 11.3. The minimum atomic E-state index is -0.689. The maximum Gasteiger partial charge on any atom is 0.128 e. The molecular weight excluding hydrogens is 416 g/mol. The van der Waals surface area contributed by atoms with Crippen LogP contribution in [0.5, 0.6) is 0 Å². The largest absolute Gasteiger partial charge is 0.465 e. The van der Waals surface area contributed by atoms with Crippen molar-refractivity contribution in [3.05, 3.63) is 54.4 Å². The first-order chi connectivity index (χ1) is 8.25.